The fourth-order valence-electron chi connectivity index (χ4n) is 2.54. The molecule has 0 saturated heterocycles. The second-order valence-electron chi connectivity index (χ2n) is 6.07. The summed E-state index contributed by atoms with van der Waals surface area (Å²) < 4.78 is 9.96. The third-order valence-electron chi connectivity index (χ3n) is 4.00. The molecular formula is C21H24N2O4. The monoisotopic (exact) mass is 368 g/mol. The minimum absolute atomic E-state index is 0.209. The number of esters is 1. The number of benzene rings is 1. The first-order chi connectivity index (χ1) is 13.0. The van der Waals surface area contributed by atoms with Crippen molar-refractivity contribution in [1.29, 1.82) is 0 Å². The quantitative estimate of drug-likeness (QED) is 0.529. The Morgan fingerprint density at radius 3 is 2.67 bits per heavy atom. The van der Waals surface area contributed by atoms with E-state index in [1.807, 2.05) is 42.5 Å². The molecule has 0 saturated carbocycles. The third kappa shape index (κ3) is 6.26. The van der Waals surface area contributed by atoms with Crippen LogP contribution in [0.3, 0.4) is 0 Å². The summed E-state index contributed by atoms with van der Waals surface area (Å²) in [5.74, 6) is -0.285. The zero-order valence-corrected chi connectivity index (χ0v) is 15.8. The number of rotatable bonds is 8. The first-order valence-corrected chi connectivity index (χ1v) is 8.62. The molecule has 2 aromatic rings. The van der Waals surface area contributed by atoms with Crippen molar-refractivity contribution in [2.75, 3.05) is 20.8 Å². The molecule has 1 atom stereocenters. The Balaban J connectivity index is 2.15. The van der Waals surface area contributed by atoms with Gasteiger partial charge in [-0.1, -0.05) is 25.1 Å². The van der Waals surface area contributed by atoms with E-state index in [0.29, 0.717) is 12.3 Å². The average molecular weight is 368 g/mol. The van der Waals surface area contributed by atoms with Crippen molar-refractivity contribution >= 4 is 18.0 Å². The van der Waals surface area contributed by atoms with Gasteiger partial charge in [0.15, 0.2) is 0 Å². The van der Waals surface area contributed by atoms with Gasteiger partial charge >= 0.3 is 5.97 Å². The Kier molecular flexibility index (Phi) is 7.55. The van der Waals surface area contributed by atoms with Gasteiger partial charge in [0.1, 0.15) is 5.75 Å². The highest BCUT2D eigenvalue weighted by molar-refractivity contribution is 5.92. The van der Waals surface area contributed by atoms with Gasteiger partial charge in [-0.05, 0) is 35.9 Å². The van der Waals surface area contributed by atoms with E-state index < -0.39 is 5.92 Å². The summed E-state index contributed by atoms with van der Waals surface area (Å²) in [5, 5.41) is 0. The van der Waals surface area contributed by atoms with Crippen LogP contribution in [0.2, 0.25) is 0 Å². The normalized spacial score (nSPS) is 11.8. The third-order valence-corrected chi connectivity index (χ3v) is 4.00. The fourth-order valence-corrected chi connectivity index (χ4v) is 2.54. The number of amides is 1. The van der Waals surface area contributed by atoms with Gasteiger partial charge in [-0.25, -0.2) is 0 Å². The molecule has 1 aromatic carbocycles. The predicted molar refractivity (Wildman–Crippen MR) is 103 cm³/mol. The molecule has 6 nitrogen and oxygen atoms in total. The van der Waals surface area contributed by atoms with Gasteiger partial charge in [-0.2, -0.15) is 0 Å². The van der Waals surface area contributed by atoms with E-state index in [1.165, 1.54) is 13.2 Å². The van der Waals surface area contributed by atoms with E-state index in [2.05, 4.69) is 4.98 Å². The molecule has 2 rings (SSSR count). The van der Waals surface area contributed by atoms with E-state index in [1.54, 1.807) is 31.2 Å². The van der Waals surface area contributed by atoms with Crippen molar-refractivity contribution in [3.05, 3.63) is 66.0 Å². The lowest BCUT2D eigenvalue weighted by atomic mass is 10.1. The number of carbonyl (C=O) groups excluding carboxylic acids is 2. The zero-order chi connectivity index (χ0) is 19.6. The van der Waals surface area contributed by atoms with Crippen molar-refractivity contribution < 1.29 is 19.1 Å². The summed E-state index contributed by atoms with van der Waals surface area (Å²) in [7, 11) is 2.93. The average Bonchev–Trinajstić information content (AvgIpc) is 2.71. The second-order valence-corrected chi connectivity index (χ2v) is 6.07. The van der Waals surface area contributed by atoms with Crippen LogP contribution < -0.4 is 4.74 Å². The SMILES string of the molecule is COC(=O)C(C)CN(Cc1ccccn1)C(=O)/C=C/c1cccc(OC)c1. The van der Waals surface area contributed by atoms with Crippen LogP contribution in [0.1, 0.15) is 18.2 Å². The molecule has 0 radical (unpaired) electrons. The highest BCUT2D eigenvalue weighted by Crippen LogP contribution is 2.14. The van der Waals surface area contributed by atoms with Gasteiger partial charge < -0.3 is 14.4 Å². The Morgan fingerprint density at radius 2 is 2.00 bits per heavy atom. The Hall–Kier alpha value is -3.15. The van der Waals surface area contributed by atoms with Crippen LogP contribution in [0, 0.1) is 5.92 Å². The number of aromatic nitrogens is 1. The fraction of sp³-hybridized carbons (Fsp3) is 0.286. The molecule has 27 heavy (non-hydrogen) atoms. The number of nitrogens with zero attached hydrogens (tertiary/aromatic N) is 2. The zero-order valence-electron chi connectivity index (χ0n) is 15.8. The molecule has 0 fully saturated rings. The first kappa shape index (κ1) is 20.2. The molecule has 0 aliphatic rings. The molecule has 6 heteroatoms. The minimum atomic E-state index is -0.437. The summed E-state index contributed by atoms with van der Waals surface area (Å²) in [6.45, 7) is 2.28. The van der Waals surface area contributed by atoms with Gasteiger partial charge in [0.25, 0.3) is 0 Å². The molecule has 0 spiro atoms. The summed E-state index contributed by atoms with van der Waals surface area (Å²) in [6.07, 6.45) is 4.88. The van der Waals surface area contributed by atoms with Crippen molar-refractivity contribution in [2.24, 2.45) is 5.92 Å². The molecular weight excluding hydrogens is 344 g/mol. The van der Waals surface area contributed by atoms with E-state index in [4.69, 9.17) is 9.47 Å². The molecule has 0 bridgehead atoms. The largest absolute Gasteiger partial charge is 0.497 e. The van der Waals surface area contributed by atoms with Crippen LogP contribution in [0.5, 0.6) is 5.75 Å². The predicted octanol–water partition coefficient (Wildman–Crippen LogP) is 2.94. The number of hydrogen-bond acceptors (Lipinski definition) is 5. The van der Waals surface area contributed by atoms with Crippen molar-refractivity contribution in [2.45, 2.75) is 13.5 Å². The molecule has 0 N–H and O–H groups in total. The highest BCUT2D eigenvalue weighted by atomic mass is 16.5. The van der Waals surface area contributed by atoms with Crippen LogP contribution in [-0.2, 0) is 20.9 Å². The summed E-state index contributed by atoms with van der Waals surface area (Å²) in [5.41, 5.74) is 1.60. The van der Waals surface area contributed by atoms with Crippen LogP contribution in [-0.4, -0.2) is 42.5 Å². The van der Waals surface area contributed by atoms with E-state index in [0.717, 1.165) is 11.3 Å². The Labute approximate surface area is 159 Å². The summed E-state index contributed by atoms with van der Waals surface area (Å²) in [6, 6.07) is 12.9. The van der Waals surface area contributed by atoms with Crippen molar-refractivity contribution in [3.63, 3.8) is 0 Å². The van der Waals surface area contributed by atoms with Crippen molar-refractivity contribution in [3.8, 4) is 5.75 Å². The number of ether oxygens (including phenoxy) is 2. The first-order valence-electron chi connectivity index (χ1n) is 8.62. The standard InChI is InChI=1S/C21H24N2O4/c1-16(21(25)27-3)14-23(15-18-8-4-5-12-22-18)20(24)11-10-17-7-6-9-19(13-17)26-2/h4-13,16H,14-15H2,1-3H3/b11-10+. The topological polar surface area (TPSA) is 68.7 Å². The molecule has 142 valence electrons. The minimum Gasteiger partial charge on any atom is -0.497 e. The maximum absolute atomic E-state index is 12.7. The van der Waals surface area contributed by atoms with Gasteiger partial charge in [-0.15, -0.1) is 0 Å². The summed E-state index contributed by atoms with van der Waals surface area (Å²) >= 11 is 0. The van der Waals surface area contributed by atoms with Gasteiger partial charge in [0.2, 0.25) is 5.91 Å². The van der Waals surface area contributed by atoms with Crippen LogP contribution >= 0.6 is 0 Å². The molecule has 0 aliphatic heterocycles. The summed E-state index contributed by atoms with van der Waals surface area (Å²) in [4.78, 5) is 30.4. The van der Waals surface area contributed by atoms with E-state index >= 15 is 0 Å². The second kappa shape index (κ2) is 10.1. The van der Waals surface area contributed by atoms with Gasteiger partial charge in [0.05, 0.1) is 32.4 Å². The molecule has 1 heterocycles. The number of hydrogen-bond donors (Lipinski definition) is 0. The van der Waals surface area contributed by atoms with Crippen LogP contribution in [0.25, 0.3) is 6.08 Å². The van der Waals surface area contributed by atoms with Crippen LogP contribution in [0.15, 0.2) is 54.7 Å². The molecule has 0 aliphatic carbocycles. The van der Waals surface area contributed by atoms with Crippen LogP contribution in [0.4, 0.5) is 0 Å². The number of methoxy groups -OCH3 is 2. The number of carbonyl (C=O) groups is 2. The lowest BCUT2D eigenvalue weighted by molar-refractivity contribution is -0.146. The van der Waals surface area contributed by atoms with Crippen molar-refractivity contribution in [1.82, 2.24) is 9.88 Å². The van der Waals surface area contributed by atoms with Gasteiger partial charge in [0, 0.05) is 18.8 Å². The van der Waals surface area contributed by atoms with Gasteiger partial charge in [-0.3, -0.25) is 14.6 Å². The molecule has 1 unspecified atom stereocenters. The smallest absolute Gasteiger partial charge is 0.310 e. The number of pyridine rings is 1. The van der Waals surface area contributed by atoms with E-state index in [9.17, 15) is 9.59 Å². The maximum Gasteiger partial charge on any atom is 0.310 e. The molecule has 1 amide bonds. The van der Waals surface area contributed by atoms with E-state index in [-0.39, 0.29) is 18.4 Å². The lowest BCUT2D eigenvalue weighted by Gasteiger charge is -2.23. The highest BCUT2D eigenvalue weighted by Gasteiger charge is 2.20. The Bertz CT molecular complexity index is 790. The Morgan fingerprint density at radius 1 is 1.19 bits per heavy atom. The molecule has 1 aromatic heterocycles. The lowest BCUT2D eigenvalue weighted by Crippen LogP contribution is -2.36. The maximum atomic E-state index is 12.7.